The number of hydrogen-bond donors (Lipinski definition) is 2. The molecule has 0 aliphatic carbocycles. The SMILES string of the molecule is C[Si](C)(C)C#C[C@](O)(COC(c1ccccc1)(c1ccccc1)c1ccccc1)[C@](O)(C#C[Si](C)(C)C)COC(c1ccccc1)(c1ccccc1)c1ccccc1. The monoisotopic (exact) mass is 798 g/mol. The molecule has 6 heteroatoms. The van der Waals surface area contributed by atoms with E-state index in [0.29, 0.717) is 0 Å². The van der Waals surface area contributed by atoms with E-state index < -0.39 is 51.8 Å². The summed E-state index contributed by atoms with van der Waals surface area (Å²) in [6.07, 6.45) is 0. The van der Waals surface area contributed by atoms with Crippen LogP contribution < -0.4 is 0 Å². The van der Waals surface area contributed by atoms with E-state index in [1.165, 1.54) is 0 Å². The largest absolute Gasteiger partial charge is 0.372 e. The molecule has 2 atom stereocenters. The second-order valence-electron chi connectivity index (χ2n) is 16.9. The van der Waals surface area contributed by atoms with Crippen molar-refractivity contribution in [3.8, 4) is 22.9 Å². The van der Waals surface area contributed by atoms with Crippen LogP contribution in [0, 0.1) is 22.9 Å². The maximum Gasteiger partial charge on any atom is 0.190 e. The van der Waals surface area contributed by atoms with Crippen molar-refractivity contribution >= 4 is 16.1 Å². The maximum absolute atomic E-state index is 13.4. The lowest BCUT2D eigenvalue weighted by atomic mass is 9.78. The van der Waals surface area contributed by atoms with E-state index in [1.54, 1.807) is 0 Å². The Hall–Kier alpha value is -5.29. The molecule has 0 saturated carbocycles. The molecule has 4 nitrogen and oxygen atoms in total. The first kappa shape index (κ1) is 42.3. The molecule has 2 N–H and O–H groups in total. The summed E-state index contributed by atoms with van der Waals surface area (Å²) >= 11 is 0. The maximum atomic E-state index is 13.4. The quantitative estimate of drug-likeness (QED) is 0.0694. The Balaban J connectivity index is 1.58. The van der Waals surface area contributed by atoms with Crippen LogP contribution in [-0.2, 0) is 20.7 Å². The zero-order valence-corrected chi connectivity index (χ0v) is 36.4. The van der Waals surface area contributed by atoms with Gasteiger partial charge in [0.1, 0.15) is 27.3 Å². The van der Waals surface area contributed by atoms with Crippen LogP contribution in [0.4, 0.5) is 0 Å². The molecule has 6 rings (SSSR count). The van der Waals surface area contributed by atoms with Gasteiger partial charge < -0.3 is 19.7 Å². The van der Waals surface area contributed by atoms with Crippen LogP contribution in [0.1, 0.15) is 33.4 Å². The van der Waals surface area contributed by atoms with Gasteiger partial charge in [-0.1, -0.05) is 233 Å². The van der Waals surface area contributed by atoms with Gasteiger partial charge in [-0.25, -0.2) is 0 Å². The molecule has 6 aromatic carbocycles. The van der Waals surface area contributed by atoms with Gasteiger partial charge >= 0.3 is 0 Å². The average molecular weight is 799 g/mol. The molecule has 0 aliphatic heterocycles. The summed E-state index contributed by atoms with van der Waals surface area (Å²) in [5.41, 5.74) is 5.08. The third kappa shape index (κ3) is 9.36. The van der Waals surface area contributed by atoms with Gasteiger partial charge in [-0.3, -0.25) is 0 Å². The highest BCUT2D eigenvalue weighted by molar-refractivity contribution is 6.84. The van der Waals surface area contributed by atoms with Gasteiger partial charge in [-0.15, -0.1) is 11.1 Å². The normalized spacial score (nSPS) is 14.1. The summed E-state index contributed by atoms with van der Waals surface area (Å²) in [6.45, 7) is 11.8. The van der Waals surface area contributed by atoms with Gasteiger partial charge in [0, 0.05) is 0 Å². The summed E-state index contributed by atoms with van der Waals surface area (Å²) in [6, 6.07) is 60.0. The van der Waals surface area contributed by atoms with Gasteiger partial charge in [0.25, 0.3) is 0 Å². The highest BCUT2D eigenvalue weighted by Crippen LogP contribution is 2.44. The molecule has 0 aliphatic rings. The second kappa shape index (κ2) is 17.7. The third-order valence-corrected chi connectivity index (χ3v) is 11.8. The van der Waals surface area contributed by atoms with Crippen LogP contribution in [-0.4, -0.2) is 50.8 Å². The van der Waals surface area contributed by atoms with Crippen LogP contribution in [0.2, 0.25) is 39.3 Å². The molecule has 294 valence electrons. The van der Waals surface area contributed by atoms with Crippen LogP contribution in [0.25, 0.3) is 0 Å². The summed E-state index contributed by atoms with van der Waals surface area (Å²) in [5, 5.41) is 26.8. The highest BCUT2D eigenvalue weighted by Gasteiger charge is 2.53. The molecule has 6 aromatic rings. The van der Waals surface area contributed by atoms with Gasteiger partial charge in [0.15, 0.2) is 11.2 Å². The first-order valence-electron chi connectivity index (χ1n) is 19.9. The second-order valence-corrected chi connectivity index (χ2v) is 26.4. The predicted molar refractivity (Wildman–Crippen MR) is 242 cm³/mol. The van der Waals surface area contributed by atoms with Crippen molar-refractivity contribution in [2.75, 3.05) is 13.2 Å². The van der Waals surface area contributed by atoms with E-state index >= 15 is 0 Å². The van der Waals surface area contributed by atoms with E-state index in [2.05, 4.69) is 62.2 Å². The predicted octanol–water partition coefficient (Wildman–Crippen LogP) is 10.2. The Morgan fingerprint density at radius 3 is 0.724 bits per heavy atom. The topological polar surface area (TPSA) is 58.9 Å². The zero-order valence-electron chi connectivity index (χ0n) is 34.4. The van der Waals surface area contributed by atoms with Gasteiger partial charge in [-0.05, 0) is 33.4 Å². The van der Waals surface area contributed by atoms with Gasteiger partial charge in [0.2, 0.25) is 0 Å². The lowest BCUT2D eigenvalue weighted by Gasteiger charge is -2.44. The minimum absolute atomic E-state index is 0.404. The number of rotatable bonds is 13. The Morgan fingerprint density at radius 2 is 0.552 bits per heavy atom. The molecule has 0 unspecified atom stereocenters. The van der Waals surface area contributed by atoms with Crippen molar-refractivity contribution in [3.05, 3.63) is 215 Å². The van der Waals surface area contributed by atoms with Gasteiger partial charge in [0.05, 0.1) is 13.2 Å². The lowest BCUT2D eigenvalue weighted by molar-refractivity contribution is -0.174. The Labute approximate surface area is 347 Å². The van der Waals surface area contributed by atoms with Crippen LogP contribution >= 0.6 is 0 Å². The van der Waals surface area contributed by atoms with E-state index in [1.807, 2.05) is 182 Å². The first-order chi connectivity index (χ1) is 27.7. The highest BCUT2D eigenvalue weighted by atomic mass is 28.3. The number of benzene rings is 6. The van der Waals surface area contributed by atoms with E-state index in [9.17, 15) is 10.2 Å². The fourth-order valence-corrected chi connectivity index (χ4v) is 8.23. The van der Waals surface area contributed by atoms with Crippen LogP contribution in [0.15, 0.2) is 182 Å². The standard InChI is InChI=1S/C52H54O4Si2/c1-57(2,3)39-37-49(53,41-55-51(43-25-13-7-14-26-43,44-27-15-8-16-28-44)45-29-17-9-18-30-45)50(54,38-40-58(4,5)6)42-56-52(46-31-19-10-20-32-46,47-33-21-11-22-34-47)48-35-23-12-24-36-48/h7-36,53-54H,41-42H2,1-6H3/t49-,50-/m0/s1. The van der Waals surface area contributed by atoms with E-state index in [4.69, 9.17) is 9.47 Å². The molecule has 0 amide bonds. The third-order valence-electron chi connectivity index (χ3n) is 10.0. The first-order valence-corrected chi connectivity index (χ1v) is 26.9. The van der Waals surface area contributed by atoms with Crippen molar-refractivity contribution in [1.29, 1.82) is 0 Å². The Morgan fingerprint density at radius 1 is 0.362 bits per heavy atom. The van der Waals surface area contributed by atoms with Crippen LogP contribution in [0.3, 0.4) is 0 Å². The lowest BCUT2D eigenvalue weighted by Crippen LogP contribution is -2.60. The number of hydrogen-bond acceptors (Lipinski definition) is 4. The molecule has 0 bridgehead atoms. The molecular weight excluding hydrogens is 745 g/mol. The molecule has 0 fully saturated rings. The van der Waals surface area contributed by atoms with Crippen molar-refractivity contribution < 1.29 is 19.7 Å². The molecule has 0 spiro atoms. The summed E-state index contributed by atoms with van der Waals surface area (Å²) in [5.74, 6) is 6.44. The van der Waals surface area contributed by atoms with Crippen molar-refractivity contribution in [2.45, 2.75) is 61.7 Å². The summed E-state index contributed by atoms with van der Waals surface area (Å²) in [7, 11) is -4.32. The Kier molecular flexibility index (Phi) is 12.9. The molecule has 0 aromatic heterocycles. The minimum atomic E-state index is -2.24. The molecule has 0 heterocycles. The van der Waals surface area contributed by atoms with Crippen molar-refractivity contribution in [1.82, 2.24) is 0 Å². The zero-order chi connectivity index (χ0) is 41.3. The minimum Gasteiger partial charge on any atom is -0.372 e. The van der Waals surface area contributed by atoms with Crippen LogP contribution in [0.5, 0.6) is 0 Å². The Bertz CT molecular complexity index is 1970. The fourth-order valence-electron chi connectivity index (χ4n) is 7.06. The van der Waals surface area contributed by atoms with Gasteiger partial charge in [-0.2, -0.15) is 0 Å². The molecular formula is C52H54O4Si2. The number of aliphatic hydroxyl groups is 2. The van der Waals surface area contributed by atoms with Crippen molar-refractivity contribution in [2.24, 2.45) is 0 Å². The van der Waals surface area contributed by atoms with Crippen molar-refractivity contribution in [3.63, 3.8) is 0 Å². The fraction of sp³-hybridized carbons (Fsp3) is 0.231. The smallest absolute Gasteiger partial charge is 0.190 e. The van der Waals surface area contributed by atoms with E-state index in [0.717, 1.165) is 33.4 Å². The average Bonchev–Trinajstić information content (AvgIpc) is 3.24. The molecule has 58 heavy (non-hydrogen) atoms. The van der Waals surface area contributed by atoms with E-state index in [-0.39, 0.29) is 0 Å². The number of ether oxygens (including phenoxy) is 2. The molecule has 0 saturated heterocycles. The summed E-state index contributed by atoms with van der Waals surface area (Å²) < 4.78 is 14.5. The molecule has 0 radical (unpaired) electrons. The summed E-state index contributed by atoms with van der Waals surface area (Å²) in [4.78, 5) is 0.